The largest absolute Gasteiger partial charge is 0.494 e. The van der Waals surface area contributed by atoms with Crippen LogP contribution in [0, 0.1) is 0 Å². The van der Waals surface area contributed by atoms with E-state index in [2.05, 4.69) is 5.43 Å². The lowest BCUT2D eigenvalue weighted by Gasteiger charge is -2.20. The van der Waals surface area contributed by atoms with Gasteiger partial charge in [0.2, 0.25) is 0 Å². The number of halogens is 2. The highest BCUT2D eigenvalue weighted by atomic mass is 35.5. The highest BCUT2D eigenvalue weighted by molar-refractivity contribution is 6.36. The second-order valence-corrected chi connectivity index (χ2v) is 5.41. The molecule has 0 bridgehead atoms. The molecule has 5 heteroatoms. The van der Waals surface area contributed by atoms with Crippen LogP contribution in [0.15, 0.2) is 42.5 Å². The van der Waals surface area contributed by atoms with E-state index in [4.69, 9.17) is 33.8 Å². The number of hydrazine groups is 1. The Hall–Kier alpha value is -1.26. The molecule has 0 amide bonds. The number of nitrogens with two attached hydrogens (primary N) is 1. The average molecular weight is 325 g/mol. The molecule has 0 aliphatic rings. The zero-order chi connectivity index (χ0) is 15.2. The lowest BCUT2D eigenvalue weighted by Crippen LogP contribution is -2.30. The van der Waals surface area contributed by atoms with Crippen LogP contribution in [0.4, 0.5) is 0 Å². The summed E-state index contributed by atoms with van der Waals surface area (Å²) in [4.78, 5) is 0. The molecule has 0 aromatic heterocycles. The van der Waals surface area contributed by atoms with Crippen LogP contribution in [0.1, 0.15) is 24.1 Å². The Bertz CT molecular complexity index is 584. The predicted molar refractivity (Wildman–Crippen MR) is 87.8 cm³/mol. The third-order valence-electron chi connectivity index (χ3n) is 3.27. The minimum atomic E-state index is -0.134. The molecule has 3 nitrogen and oxygen atoms in total. The third-order valence-corrected chi connectivity index (χ3v) is 3.97. The summed E-state index contributed by atoms with van der Waals surface area (Å²) in [6, 6.07) is 13.1. The third kappa shape index (κ3) is 3.89. The molecule has 0 radical (unpaired) electrons. The monoisotopic (exact) mass is 324 g/mol. The molecule has 0 heterocycles. The lowest BCUT2D eigenvalue weighted by molar-refractivity contribution is 0.331. The summed E-state index contributed by atoms with van der Waals surface area (Å²) in [5, 5.41) is 1.27. The zero-order valence-electron chi connectivity index (χ0n) is 11.8. The van der Waals surface area contributed by atoms with Crippen molar-refractivity contribution in [2.24, 2.45) is 5.84 Å². The summed E-state index contributed by atoms with van der Waals surface area (Å²) in [6.07, 6.45) is 0.582. The van der Waals surface area contributed by atoms with Gasteiger partial charge in [-0.2, -0.15) is 0 Å². The van der Waals surface area contributed by atoms with Gasteiger partial charge in [0.15, 0.2) is 0 Å². The SMILES string of the molecule is CCOc1ccccc1C(Cc1c(Cl)cccc1Cl)NN. The van der Waals surface area contributed by atoms with Gasteiger partial charge < -0.3 is 4.74 Å². The van der Waals surface area contributed by atoms with Crippen LogP contribution in [0.5, 0.6) is 5.75 Å². The first-order chi connectivity index (χ1) is 10.2. The molecule has 0 saturated carbocycles. The van der Waals surface area contributed by atoms with Crippen molar-refractivity contribution in [2.45, 2.75) is 19.4 Å². The van der Waals surface area contributed by atoms with Gasteiger partial charge in [0.1, 0.15) is 5.75 Å². The van der Waals surface area contributed by atoms with Crippen molar-refractivity contribution >= 4 is 23.2 Å². The van der Waals surface area contributed by atoms with Gasteiger partial charge in [0.05, 0.1) is 12.6 Å². The van der Waals surface area contributed by atoms with E-state index in [1.807, 2.05) is 49.4 Å². The van der Waals surface area contributed by atoms with Crippen molar-refractivity contribution in [3.8, 4) is 5.75 Å². The van der Waals surface area contributed by atoms with Crippen LogP contribution in [0.2, 0.25) is 10.0 Å². The van der Waals surface area contributed by atoms with E-state index >= 15 is 0 Å². The molecule has 3 N–H and O–H groups in total. The molecule has 0 aliphatic carbocycles. The first-order valence-corrected chi connectivity index (χ1v) is 7.53. The number of para-hydroxylation sites is 1. The Morgan fingerprint density at radius 1 is 1.10 bits per heavy atom. The van der Waals surface area contributed by atoms with Crippen LogP contribution in [-0.4, -0.2) is 6.61 Å². The van der Waals surface area contributed by atoms with Gasteiger partial charge in [0.25, 0.3) is 0 Å². The number of rotatable bonds is 6. The summed E-state index contributed by atoms with van der Waals surface area (Å²) in [5.41, 5.74) is 4.68. The van der Waals surface area contributed by atoms with Crippen molar-refractivity contribution in [3.63, 3.8) is 0 Å². The van der Waals surface area contributed by atoms with E-state index in [1.54, 1.807) is 0 Å². The van der Waals surface area contributed by atoms with Gasteiger partial charge in [-0.25, -0.2) is 0 Å². The molecular weight excluding hydrogens is 307 g/mol. The smallest absolute Gasteiger partial charge is 0.124 e. The maximum Gasteiger partial charge on any atom is 0.124 e. The van der Waals surface area contributed by atoms with Crippen molar-refractivity contribution in [2.75, 3.05) is 6.61 Å². The standard InChI is InChI=1S/C16H18Cl2N2O/c1-2-21-16-9-4-3-6-11(16)15(20-19)10-12-13(17)7-5-8-14(12)18/h3-9,15,20H,2,10,19H2,1H3. The molecule has 2 aromatic rings. The van der Waals surface area contributed by atoms with E-state index < -0.39 is 0 Å². The van der Waals surface area contributed by atoms with E-state index in [1.165, 1.54) is 0 Å². The molecule has 112 valence electrons. The molecule has 0 spiro atoms. The molecule has 0 fully saturated rings. The highest BCUT2D eigenvalue weighted by Crippen LogP contribution is 2.32. The molecule has 2 rings (SSSR count). The minimum Gasteiger partial charge on any atom is -0.494 e. The van der Waals surface area contributed by atoms with Crippen molar-refractivity contribution in [1.82, 2.24) is 5.43 Å². The fraction of sp³-hybridized carbons (Fsp3) is 0.250. The fourth-order valence-corrected chi connectivity index (χ4v) is 2.80. The van der Waals surface area contributed by atoms with Gasteiger partial charge in [0, 0.05) is 15.6 Å². The zero-order valence-corrected chi connectivity index (χ0v) is 13.3. The van der Waals surface area contributed by atoms with Gasteiger partial charge in [-0.3, -0.25) is 11.3 Å². The Balaban J connectivity index is 2.32. The maximum absolute atomic E-state index is 6.23. The number of nitrogens with one attached hydrogen (secondary N) is 1. The van der Waals surface area contributed by atoms with Gasteiger partial charge in [-0.15, -0.1) is 0 Å². The summed E-state index contributed by atoms with van der Waals surface area (Å²) in [5.74, 6) is 6.54. The second-order valence-electron chi connectivity index (χ2n) is 4.59. The first kappa shape index (κ1) is 16.1. The number of hydrogen-bond donors (Lipinski definition) is 2. The predicted octanol–water partition coefficient (Wildman–Crippen LogP) is 4.14. The topological polar surface area (TPSA) is 47.3 Å². The van der Waals surface area contributed by atoms with Crippen LogP contribution in [0.25, 0.3) is 0 Å². The van der Waals surface area contributed by atoms with Crippen LogP contribution in [0.3, 0.4) is 0 Å². The maximum atomic E-state index is 6.23. The van der Waals surface area contributed by atoms with E-state index in [0.717, 1.165) is 16.9 Å². The van der Waals surface area contributed by atoms with Gasteiger partial charge in [-0.05, 0) is 37.1 Å². The lowest BCUT2D eigenvalue weighted by atomic mass is 9.98. The summed E-state index contributed by atoms with van der Waals surface area (Å²) >= 11 is 12.5. The molecule has 2 aromatic carbocycles. The van der Waals surface area contributed by atoms with Crippen molar-refractivity contribution < 1.29 is 4.74 Å². The van der Waals surface area contributed by atoms with Gasteiger partial charge >= 0.3 is 0 Å². The molecule has 0 saturated heterocycles. The highest BCUT2D eigenvalue weighted by Gasteiger charge is 2.18. The number of hydrogen-bond acceptors (Lipinski definition) is 3. The van der Waals surface area contributed by atoms with Crippen LogP contribution < -0.4 is 16.0 Å². The minimum absolute atomic E-state index is 0.134. The van der Waals surface area contributed by atoms with Gasteiger partial charge in [-0.1, -0.05) is 47.5 Å². The molecule has 0 aliphatic heterocycles. The average Bonchev–Trinajstić information content (AvgIpc) is 2.48. The Labute approximate surface area is 135 Å². The van der Waals surface area contributed by atoms with Crippen LogP contribution >= 0.6 is 23.2 Å². The number of ether oxygens (including phenoxy) is 1. The molecule has 21 heavy (non-hydrogen) atoms. The van der Waals surface area contributed by atoms with E-state index in [9.17, 15) is 0 Å². The first-order valence-electron chi connectivity index (χ1n) is 6.78. The van der Waals surface area contributed by atoms with Crippen LogP contribution in [-0.2, 0) is 6.42 Å². The van der Waals surface area contributed by atoms with Crippen molar-refractivity contribution in [3.05, 3.63) is 63.6 Å². The normalized spacial score (nSPS) is 12.2. The second kappa shape index (κ2) is 7.66. The molecular formula is C16H18Cl2N2O. The molecule has 1 unspecified atom stereocenters. The Morgan fingerprint density at radius 2 is 1.76 bits per heavy atom. The summed E-state index contributed by atoms with van der Waals surface area (Å²) in [6.45, 7) is 2.55. The van der Waals surface area contributed by atoms with E-state index in [0.29, 0.717) is 23.1 Å². The quantitative estimate of drug-likeness (QED) is 0.620. The summed E-state index contributed by atoms with van der Waals surface area (Å²) < 4.78 is 5.66. The Kier molecular flexibility index (Phi) is 5.88. The summed E-state index contributed by atoms with van der Waals surface area (Å²) in [7, 11) is 0. The Morgan fingerprint density at radius 3 is 2.38 bits per heavy atom. The van der Waals surface area contributed by atoms with Crippen molar-refractivity contribution in [1.29, 1.82) is 0 Å². The number of benzene rings is 2. The van der Waals surface area contributed by atoms with E-state index in [-0.39, 0.29) is 6.04 Å². The molecule has 1 atom stereocenters. The fourth-order valence-electron chi connectivity index (χ4n) is 2.25.